The molecule has 2 aromatic carbocycles. The van der Waals surface area contributed by atoms with Gasteiger partial charge in [-0.25, -0.2) is 4.57 Å². The molecule has 4 rings (SSSR count). The quantitative estimate of drug-likeness (QED) is 0.392. The van der Waals surface area contributed by atoms with Gasteiger partial charge < -0.3 is 17.0 Å². The molecule has 0 atom stereocenters. The first-order chi connectivity index (χ1) is 11.8. The average molecular weight is 369 g/mol. The Hall–Kier alpha value is -2.50. The van der Waals surface area contributed by atoms with Crippen molar-refractivity contribution >= 4 is 33.1 Å². The van der Waals surface area contributed by atoms with Gasteiger partial charge in [0.05, 0.1) is 23.4 Å². The largest absolute Gasteiger partial charge is 1.00 e. The first kappa shape index (κ1) is 17.3. The van der Waals surface area contributed by atoms with Crippen molar-refractivity contribution in [3.8, 4) is 11.3 Å². The number of aromatic nitrogens is 2. The second-order valence-electron chi connectivity index (χ2n) is 5.64. The van der Waals surface area contributed by atoms with Gasteiger partial charge in [-0.2, -0.15) is 0 Å². The molecule has 0 aliphatic carbocycles. The molecule has 0 radical (unpaired) electrons. The van der Waals surface area contributed by atoms with Crippen LogP contribution in [0.4, 0.5) is 10.8 Å². The van der Waals surface area contributed by atoms with Gasteiger partial charge in [0.15, 0.2) is 0 Å². The molecule has 0 unspecified atom stereocenters. The van der Waals surface area contributed by atoms with Gasteiger partial charge in [-0.05, 0) is 22.5 Å². The molecule has 0 saturated carbocycles. The number of hydrogen-bond acceptors (Lipinski definition) is 3. The van der Waals surface area contributed by atoms with Crippen molar-refractivity contribution < 1.29 is 17.0 Å². The van der Waals surface area contributed by atoms with Crippen LogP contribution in [0.3, 0.4) is 0 Å². The van der Waals surface area contributed by atoms with Crippen LogP contribution in [-0.4, -0.2) is 4.57 Å². The van der Waals surface area contributed by atoms with E-state index in [4.69, 9.17) is 0 Å². The number of nitrogens with zero attached hydrogens (tertiary/aromatic N) is 4. The zero-order valence-electron chi connectivity index (χ0n) is 13.9. The second-order valence-corrected chi connectivity index (χ2v) is 6.51. The topological polar surface area (TPSA) is 33.5 Å². The van der Waals surface area contributed by atoms with Crippen LogP contribution < -0.4 is 17.0 Å². The number of aryl methyl sites for hydroxylation is 2. The van der Waals surface area contributed by atoms with Gasteiger partial charge in [-0.3, -0.25) is 0 Å². The number of azo groups is 1. The summed E-state index contributed by atoms with van der Waals surface area (Å²) in [6.45, 7) is 0. The molecule has 0 amide bonds. The first-order valence-electron chi connectivity index (χ1n) is 7.73. The Bertz CT molecular complexity index is 1030. The molecule has 0 fully saturated rings. The molecule has 6 heteroatoms. The molecule has 4 aromatic rings. The van der Waals surface area contributed by atoms with Crippen molar-refractivity contribution in [1.29, 1.82) is 0 Å². The smallest absolute Gasteiger partial charge is 0.408 e. The van der Waals surface area contributed by atoms with Gasteiger partial charge in [0.2, 0.25) is 0 Å². The summed E-state index contributed by atoms with van der Waals surface area (Å²) in [5.41, 5.74) is 4.29. The summed E-state index contributed by atoms with van der Waals surface area (Å²) in [6.07, 6.45) is 1.99. The first-order valence-corrected chi connectivity index (χ1v) is 8.61. The van der Waals surface area contributed by atoms with E-state index in [1.807, 2.05) is 47.5 Å². The van der Waals surface area contributed by atoms with E-state index in [0.717, 1.165) is 33.0 Å². The standard InChI is InChI=1S/C19H17N4S.ClH/c1-22-12-13-24-19(22)21-20-17-15-10-6-7-11-16(15)23(2)18(17)14-8-4-3-5-9-14;/h3-13H,1-2H3;1H/q+1;/p-1. The molecule has 0 N–H and O–H groups in total. The Morgan fingerprint density at radius 2 is 1.68 bits per heavy atom. The van der Waals surface area contributed by atoms with Crippen LogP contribution in [-0.2, 0) is 14.1 Å². The van der Waals surface area contributed by atoms with E-state index in [2.05, 4.69) is 52.2 Å². The summed E-state index contributed by atoms with van der Waals surface area (Å²) in [4.78, 5) is 0. The fraction of sp³-hybridized carbons (Fsp3) is 0.105. The Morgan fingerprint density at radius 1 is 0.960 bits per heavy atom. The van der Waals surface area contributed by atoms with Gasteiger partial charge >= 0.3 is 5.13 Å². The van der Waals surface area contributed by atoms with E-state index >= 15 is 0 Å². The normalized spacial score (nSPS) is 11.1. The summed E-state index contributed by atoms with van der Waals surface area (Å²) in [5.74, 6) is 0. The summed E-state index contributed by atoms with van der Waals surface area (Å²) in [7, 11) is 4.06. The van der Waals surface area contributed by atoms with E-state index in [1.54, 1.807) is 11.3 Å². The zero-order valence-corrected chi connectivity index (χ0v) is 15.5. The third-order valence-electron chi connectivity index (χ3n) is 4.12. The lowest BCUT2D eigenvalue weighted by Gasteiger charge is -2.04. The SMILES string of the molecule is Cn1c(-c2ccccc2)c(N=Nc2scc[n+]2C)c2ccccc21.[Cl-]. The number of benzene rings is 2. The van der Waals surface area contributed by atoms with E-state index in [-0.39, 0.29) is 12.4 Å². The molecule has 2 heterocycles. The van der Waals surface area contributed by atoms with Crippen LogP contribution in [0.25, 0.3) is 22.2 Å². The maximum atomic E-state index is 4.63. The van der Waals surface area contributed by atoms with Crippen LogP contribution in [0.5, 0.6) is 0 Å². The maximum absolute atomic E-state index is 4.63. The summed E-state index contributed by atoms with van der Waals surface area (Å²) in [5, 5.41) is 13.1. The van der Waals surface area contributed by atoms with Crippen molar-refractivity contribution in [2.24, 2.45) is 24.3 Å². The lowest BCUT2D eigenvalue weighted by atomic mass is 10.1. The Kier molecular flexibility index (Phi) is 4.97. The fourth-order valence-corrected chi connectivity index (χ4v) is 3.60. The van der Waals surface area contributed by atoms with Crippen LogP contribution in [0.1, 0.15) is 0 Å². The highest BCUT2D eigenvalue weighted by Gasteiger charge is 2.18. The molecule has 25 heavy (non-hydrogen) atoms. The van der Waals surface area contributed by atoms with Crippen molar-refractivity contribution in [1.82, 2.24) is 4.57 Å². The van der Waals surface area contributed by atoms with Crippen LogP contribution in [0.15, 0.2) is 76.4 Å². The maximum Gasteiger partial charge on any atom is 0.408 e. The highest BCUT2D eigenvalue weighted by molar-refractivity contribution is 7.12. The van der Waals surface area contributed by atoms with Gasteiger partial charge in [0, 0.05) is 23.4 Å². The molecule has 0 aliphatic heterocycles. The van der Waals surface area contributed by atoms with Gasteiger partial charge in [0.25, 0.3) is 0 Å². The van der Waals surface area contributed by atoms with Crippen molar-refractivity contribution in [3.05, 3.63) is 66.2 Å². The molecule has 2 aromatic heterocycles. The lowest BCUT2D eigenvalue weighted by Crippen LogP contribution is -3.00. The fourth-order valence-electron chi connectivity index (χ4n) is 2.92. The minimum Gasteiger partial charge on any atom is -1.00 e. The third-order valence-corrected chi connectivity index (χ3v) is 4.96. The average Bonchev–Trinajstić information content (AvgIpc) is 3.15. The van der Waals surface area contributed by atoms with E-state index in [0.29, 0.717) is 0 Å². The molecule has 0 spiro atoms. The van der Waals surface area contributed by atoms with Gasteiger partial charge in [-0.15, -0.1) is 0 Å². The van der Waals surface area contributed by atoms with Crippen LogP contribution in [0, 0.1) is 0 Å². The lowest BCUT2D eigenvalue weighted by molar-refractivity contribution is -0.654. The van der Waals surface area contributed by atoms with Crippen molar-refractivity contribution in [2.45, 2.75) is 0 Å². The third kappa shape index (κ3) is 3.08. The predicted octanol–water partition coefficient (Wildman–Crippen LogP) is 2.15. The summed E-state index contributed by atoms with van der Waals surface area (Å²) < 4.78 is 4.16. The number of thiazole rings is 1. The van der Waals surface area contributed by atoms with Crippen molar-refractivity contribution in [2.75, 3.05) is 0 Å². The molecule has 0 bridgehead atoms. The van der Waals surface area contributed by atoms with Crippen LogP contribution in [0.2, 0.25) is 0 Å². The van der Waals surface area contributed by atoms with E-state index in [9.17, 15) is 0 Å². The number of fused-ring (bicyclic) bond motifs is 1. The number of para-hydroxylation sites is 1. The molecule has 0 saturated heterocycles. The summed E-state index contributed by atoms with van der Waals surface area (Å²) in [6, 6.07) is 18.7. The Balaban J connectivity index is 0.00000182. The Labute approximate surface area is 156 Å². The number of halogens is 1. The van der Waals surface area contributed by atoms with Crippen LogP contribution >= 0.6 is 11.3 Å². The molecular weight excluding hydrogens is 352 g/mol. The highest BCUT2D eigenvalue weighted by atomic mass is 35.5. The number of hydrogen-bond donors (Lipinski definition) is 0. The monoisotopic (exact) mass is 368 g/mol. The van der Waals surface area contributed by atoms with Crippen molar-refractivity contribution in [3.63, 3.8) is 0 Å². The summed E-state index contributed by atoms with van der Waals surface area (Å²) >= 11 is 1.58. The molecular formula is C19H17ClN4S. The minimum absolute atomic E-state index is 0. The van der Waals surface area contributed by atoms with E-state index in [1.165, 1.54) is 0 Å². The molecule has 4 nitrogen and oxygen atoms in total. The minimum atomic E-state index is 0. The molecule has 126 valence electrons. The second kappa shape index (κ2) is 7.17. The Morgan fingerprint density at radius 3 is 2.40 bits per heavy atom. The van der Waals surface area contributed by atoms with Gasteiger partial charge in [-0.1, -0.05) is 48.5 Å². The van der Waals surface area contributed by atoms with E-state index < -0.39 is 0 Å². The number of rotatable bonds is 3. The zero-order chi connectivity index (χ0) is 16.5. The molecule has 0 aliphatic rings. The highest BCUT2D eigenvalue weighted by Crippen LogP contribution is 2.40. The predicted molar refractivity (Wildman–Crippen MR) is 98.0 cm³/mol. The van der Waals surface area contributed by atoms with Gasteiger partial charge in [0.1, 0.15) is 11.9 Å².